The molecule has 0 atom stereocenters. The van der Waals surface area contributed by atoms with E-state index < -0.39 is 0 Å². The maximum absolute atomic E-state index is 11.9. The molecule has 0 radical (unpaired) electrons. The van der Waals surface area contributed by atoms with E-state index in [0.717, 1.165) is 25.3 Å². The minimum absolute atomic E-state index is 0.231. The van der Waals surface area contributed by atoms with Gasteiger partial charge in [0.25, 0.3) is 5.91 Å². The Kier molecular flexibility index (Phi) is 4.83. The van der Waals surface area contributed by atoms with Crippen LogP contribution in [0.15, 0.2) is 36.4 Å². The third-order valence-electron chi connectivity index (χ3n) is 3.93. The number of fused-ring (bicyclic) bond motifs is 1. The molecule has 2 aromatic rings. The number of benzene rings is 1. The Labute approximate surface area is 135 Å². The van der Waals surface area contributed by atoms with Gasteiger partial charge in [0.15, 0.2) is 11.5 Å². The van der Waals surface area contributed by atoms with Gasteiger partial charge in [0, 0.05) is 26.7 Å². The summed E-state index contributed by atoms with van der Waals surface area (Å²) < 4.78 is 4.90. The maximum atomic E-state index is 11.9. The zero-order chi connectivity index (χ0) is 16.1. The summed E-state index contributed by atoms with van der Waals surface area (Å²) in [5.41, 5.74) is 3.04. The highest BCUT2D eigenvalue weighted by Gasteiger charge is 2.18. The van der Waals surface area contributed by atoms with Crippen molar-refractivity contribution in [3.63, 3.8) is 0 Å². The van der Waals surface area contributed by atoms with Gasteiger partial charge in [0.05, 0.1) is 6.61 Å². The van der Waals surface area contributed by atoms with E-state index in [4.69, 9.17) is 4.74 Å². The van der Waals surface area contributed by atoms with Gasteiger partial charge in [-0.3, -0.25) is 4.79 Å². The van der Waals surface area contributed by atoms with Crippen LogP contribution in [-0.4, -0.2) is 42.9 Å². The van der Waals surface area contributed by atoms with E-state index in [1.165, 1.54) is 11.1 Å². The number of nitrogens with zero attached hydrogens (tertiary/aromatic N) is 3. The van der Waals surface area contributed by atoms with Crippen molar-refractivity contribution in [1.29, 1.82) is 0 Å². The fourth-order valence-corrected chi connectivity index (χ4v) is 2.66. The van der Waals surface area contributed by atoms with Crippen molar-refractivity contribution in [2.45, 2.75) is 13.0 Å². The number of amides is 1. The van der Waals surface area contributed by atoms with Gasteiger partial charge in [-0.1, -0.05) is 24.3 Å². The summed E-state index contributed by atoms with van der Waals surface area (Å²) in [4.78, 5) is 14.1. The van der Waals surface area contributed by atoms with Crippen LogP contribution in [0.5, 0.6) is 0 Å². The number of anilines is 1. The van der Waals surface area contributed by atoms with Gasteiger partial charge in [-0.2, -0.15) is 0 Å². The molecule has 0 bridgehead atoms. The Morgan fingerprint density at radius 2 is 2.04 bits per heavy atom. The smallest absolute Gasteiger partial charge is 0.271 e. The summed E-state index contributed by atoms with van der Waals surface area (Å²) >= 11 is 0. The van der Waals surface area contributed by atoms with Gasteiger partial charge < -0.3 is 15.0 Å². The van der Waals surface area contributed by atoms with Gasteiger partial charge in [0.1, 0.15) is 0 Å². The summed E-state index contributed by atoms with van der Waals surface area (Å²) in [5.74, 6) is 0.568. The van der Waals surface area contributed by atoms with Crippen molar-refractivity contribution < 1.29 is 9.53 Å². The summed E-state index contributed by atoms with van der Waals surface area (Å²) in [6.07, 6.45) is 0.997. The molecule has 23 heavy (non-hydrogen) atoms. The summed E-state index contributed by atoms with van der Waals surface area (Å²) in [6.45, 7) is 2.67. The van der Waals surface area contributed by atoms with Gasteiger partial charge >= 0.3 is 0 Å². The van der Waals surface area contributed by atoms with Crippen molar-refractivity contribution in [2.24, 2.45) is 0 Å². The molecule has 2 heterocycles. The zero-order valence-electron chi connectivity index (χ0n) is 13.2. The molecule has 6 heteroatoms. The number of hydrogen-bond donors (Lipinski definition) is 1. The lowest BCUT2D eigenvalue weighted by molar-refractivity contribution is 0.0931. The lowest BCUT2D eigenvalue weighted by atomic mass is 10.00. The molecule has 1 aromatic heterocycles. The third-order valence-corrected chi connectivity index (χ3v) is 3.93. The number of ether oxygens (including phenoxy) is 1. The van der Waals surface area contributed by atoms with Crippen molar-refractivity contribution >= 4 is 11.7 Å². The second kappa shape index (κ2) is 7.19. The lowest BCUT2D eigenvalue weighted by Gasteiger charge is -2.29. The second-order valence-corrected chi connectivity index (χ2v) is 5.47. The number of hydrogen-bond acceptors (Lipinski definition) is 5. The van der Waals surface area contributed by atoms with E-state index in [0.29, 0.717) is 18.8 Å². The van der Waals surface area contributed by atoms with E-state index in [1.54, 1.807) is 13.2 Å². The predicted octanol–water partition coefficient (Wildman–Crippen LogP) is 1.42. The maximum Gasteiger partial charge on any atom is 0.271 e. The Hall–Kier alpha value is -2.47. The van der Waals surface area contributed by atoms with Crippen LogP contribution in [0, 0.1) is 0 Å². The number of carbonyl (C=O) groups is 1. The first kappa shape index (κ1) is 15.4. The molecular formula is C17H20N4O2. The highest BCUT2D eigenvalue weighted by molar-refractivity contribution is 5.92. The average molecular weight is 312 g/mol. The fraction of sp³-hybridized carbons (Fsp3) is 0.353. The Morgan fingerprint density at radius 3 is 2.78 bits per heavy atom. The Bertz CT molecular complexity index is 673. The van der Waals surface area contributed by atoms with Gasteiger partial charge in [-0.15, -0.1) is 10.2 Å². The minimum atomic E-state index is -0.231. The second-order valence-electron chi connectivity index (χ2n) is 5.47. The molecule has 0 aliphatic carbocycles. The minimum Gasteiger partial charge on any atom is -0.383 e. The summed E-state index contributed by atoms with van der Waals surface area (Å²) in [7, 11) is 1.59. The third kappa shape index (κ3) is 3.65. The van der Waals surface area contributed by atoms with Gasteiger partial charge in [-0.25, -0.2) is 0 Å². The van der Waals surface area contributed by atoms with Crippen LogP contribution < -0.4 is 10.2 Å². The highest BCUT2D eigenvalue weighted by Crippen LogP contribution is 2.22. The number of aromatic nitrogens is 2. The topological polar surface area (TPSA) is 67.3 Å². The van der Waals surface area contributed by atoms with Crippen LogP contribution in [0.3, 0.4) is 0 Å². The lowest BCUT2D eigenvalue weighted by Crippen LogP contribution is -2.32. The molecule has 0 spiro atoms. The standard InChI is InChI=1S/C17H20N4O2/c1-23-11-9-18-17(22)15-6-7-16(20-19-15)21-10-8-13-4-2-3-5-14(13)12-21/h2-7H,8-12H2,1H3,(H,18,22). The molecule has 1 aromatic carbocycles. The van der Waals surface area contributed by atoms with Gasteiger partial charge in [-0.05, 0) is 29.7 Å². The zero-order valence-corrected chi connectivity index (χ0v) is 13.2. The SMILES string of the molecule is COCCNC(=O)c1ccc(N2CCc3ccccc3C2)nn1. The first-order chi connectivity index (χ1) is 11.3. The molecule has 1 aliphatic heterocycles. The largest absolute Gasteiger partial charge is 0.383 e. The van der Waals surface area contributed by atoms with E-state index in [9.17, 15) is 4.79 Å². The molecule has 1 N–H and O–H groups in total. The first-order valence-corrected chi connectivity index (χ1v) is 7.70. The molecule has 1 amide bonds. The van der Waals surface area contributed by atoms with Crippen LogP contribution in [-0.2, 0) is 17.7 Å². The highest BCUT2D eigenvalue weighted by atomic mass is 16.5. The predicted molar refractivity (Wildman–Crippen MR) is 87.4 cm³/mol. The average Bonchev–Trinajstić information content (AvgIpc) is 2.61. The fourth-order valence-electron chi connectivity index (χ4n) is 2.66. The number of methoxy groups -OCH3 is 1. The molecule has 0 unspecified atom stereocenters. The molecule has 1 aliphatic rings. The van der Waals surface area contributed by atoms with E-state index >= 15 is 0 Å². The van der Waals surface area contributed by atoms with E-state index in [1.807, 2.05) is 6.07 Å². The monoisotopic (exact) mass is 312 g/mol. The molecule has 0 saturated carbocycles. The molecule has 120 valence electrons. The number of nitrogens with one attached hydrogen (secondary N) is 1. The van der Waals surface area contributed by atoms with Crippen LogP contribution >= 0.6 is 0 Å². The summed E-state index contributed by atoms with van der Waals surface area (Å²) in [6, 6.07) is 12.0. The van der Waals surface area contributed by atoms with Crippen molar-refractivity contribution in [3.8, 4) is 0 Å². The number of carbonyl (C=O) groups excluding carboxylic acids is 1. The molecule has 0 fully saturated rings. The molecular weight excluding hydrogens is 292 g/mol. The Balaban J connectivity index is 1.65. The van der Waals surface area contributed by atoms with Crippen molar-refractivity contribution in [1.82, 2.24) is 15.5 Å². The van der Waals surface area contributed by atoms with E-state index in [2.05, 4.69) is 44.7 Å². The van der Waals surface area contributed by atoms with Gasteiger partial charge in [0.2, 0.25) is 0 Å². The van der Waals surface area contributed by atoms with Crippen LogP contribution in [0.2, 0.25) is 0 Å². The van der Waals surface area contributed by atoms with E-state index in [-0.39, 0.29) is 5.91 Å². The first-order valence-electron chi connectivity index (χ1n) is 7.70. The Morgan fingerprint density at radius 1 is 1.22 bits per heavy atom. The molecule has 6 nitrogen and oxygen atoms in total. The van der Waals surface area contributed by atoms with Crippen molar-refractivity contribution in [3.05, 3.63) is 53.2 Å². The quantitative estimate of drug-likeness (QED) is 0.846. The van der Waals surface area contributed by atoms with Crippen LogP contribution in [0.25, 0.3) is 0 Å². The molecule has 0 saturated heterocycles. The normalized spacial score (nSPS) is 13.5. The van der Waals surface area contributed by atoms with Crippen LogP contribution in [0.4, 0.5) is 5.82 Å². The van der Waals surface area contributed by atoms with Crippen LogP contribution in [0.1, 0.15) is 21.6 Å². The molecule has 3 rings (SSSR count). The number of rotatable bonds is 5. The summed E-state index contributed by atoms with van der Waals surface area (Å²) in [5, 5.41) is 11.0. The van der Waals surface area contributed by atoms with Crippen molar-refractivity contribution in [2.75, 3.05) is 31.7 Å².